The summed E-state index contributed by atoms with van der Waals surface area (Å²) in [5.41, 5.74) is 1.63. The molecule has 0 radical (unpaired) electrons. The van der Waals surface area contributed by atoms with Crippen molar-refractivity contribution in [2.24, 2.45) is 0 Å². The molecule has 25 heavy (non-hydrogen) atoms. The van der Waals surface area contributed by atoms with Crippen LogP contribution in [0.3, 0.4) is 0 Å². The Labute approximate surface area is 153 Å². The number of rotatable bonds is 5. The number of halogens is 1. The average Bonchev–Trinajstić information content (AvgIpc) is 3.15. The van der Waals surface area contributed by atoms with Crippen molar-refractivity contribution in [3.05, 3.63) is 29.8 Å². The maximum absolute atomic E-state index is 12.1. The first kappa shape index (κ1) is 19.7. The number of anilines is 1. The van der Waals surface area contributed by atoms with Gasteiger partial charge in [0.15, 0.2) is 0 Å². The maximum Gasteiger partial charge on any atom is 0.253 e. The number of carbonyl (C=O) groups is 2. The Bertz CT molecular complexity index is 587. The van der Waals surface area contributed by atoms with Gasteiger partial charge in [-0.1, -0.05) is 12.1 Å². The highest BCUT2D eigenvalue weighted by Crippen LogP contribution is 2.16. The molecule has 1 aromatic carbocycles. The van der Waals surface area contributed by atoms with Crippen LogP contribution in [-0.4, -0.2) is 50.3 Å². The van der Waals surface area contributed by atoms with Gasteiger partial charge in [0.1, 0.15) is 12.1 Å². The summed E-state index contributed by atoms with van der Waals surface area (Å²) < 4.78 is 10.7. The fourth-order valence-corrected chi connectivity index (χ4v) is 2.81. The van der Waals surface area contributed by atoms with Crippen LogP contribution in [0.25, 0.3) is 0 Å². The highest BCUT2D eigenvalue weighted by Gasteiger charge is 2.23. The second-order valence-electron chi connectivity index (χ2n) is 5.99. The summed E-state index contributed by atoms with van der Waals surface area (Å²) in [4.78, 5) is 24.1. The van der Waals surface area contributed by atoms with Crippen molar-refractivity contribution in [2.75, 3.05) is 31.7 Å². The van der Waals surface area contributed by atoms with Crippen LogP contribution in [0, 0.1) is 0 Å². The minimum Gasteiger partial charge on any atom is -0.378 e. The average molecular weight is 370 g/mol. The van der Waals surface area contributed by atoms with Crippen molar-refractivity contribution in [2.45, 2.75) is 31.5 Å². The molecule has 2 heterocycles. The van der Waals surface area contributed by atoms with Gasteiger partial charge in [0.2, 0.25) is 5.91 Å². The number of benzene rings is 1. The third kappa shape index (κ3) is 5.67. The second kappa shape index (κ2) is 9.72. The second-order valence-corrected chi connectivity index (χ2v) is 5.99. The molecule has 8 heteroatoms. The zero-order valence-electron chi connectivity index (χ0n) is 14.0. The summed E-state index contributed by atoms with van der Waals surface area (Å²) in [6, 6.07) is 7.15. The number of nitrogens with one attached hydrogen (secondary N) is 3. The van der Waals surface area contributed by atoms with Crippen molar-refractivity contribution >= 4 is 29.9 Å². The molecule has 1 aromatic rings. The fraction of sp³-hybridized carbons (Fsp3) is 0.529. The van der Waals surface area contributed by atoms with Gasteiger partial charge in [-0.2, -0.15) is 0 Å². The molecule has 2 unspecified atom stereocenters. The lowest BCUT2D eigenvalue weighted by atomic mass is 10.1. The van der Waals surface area contributed by atoms with Crippen LogP contribution in [0.1, 0.15) is 18.4 Å². The number of carbonyl (C=O) groups excluding carboxylic acids is 2. The SMILES string of the molecule is Cl.O=C(NCc1cccc(NC(=O)C2CCCO2)c1)C1COCCN1. The van der Waals surface area contributed by atoms with Crippen LogP contribution in [0.15, 0.2) is 24.3 Å². The van der Waals surface area contributed by atoms with Crippen LogP contribution in [0.5, 0.6) is 0 Å². The zero-order valence-corrected chi connectivity index (χ0v) is 14.8. The van der Waals surface area contributed by atoms with Crippen LogP contribution >= 0.6 is 12.4 Å². The molecule has 0 spiro atoms. The first-order valence-corrected chi connectivity index (χ1v) is 8.32. The molecule has 2 aliphatic heterocycles. The Morgan fingerprint density at radius 3 is 2.84 bits per heavy atom. The molecule has 3 N–H and O–H groups in total. The highest BCUT2D eigenvalue weighted by atomic mass is 35.5. The predicted molar refractivity (Wildman–Crippen MR) is 95.8 cm³/mol. The Morgan fingerprint density at radius 1 is 1.24 bits per heavy atom. The smallest absolute Gasteiger partial charge is 0.253 e. The topological polar surface area (TPSA) is 88.7 Å². The molecule has 2 saturated heterocycles. The van der Waals surface area contributed by atoms with Crippen LogP contribution < -0.4 is 16.0 Å². The van der Waals surface area contributed by atoms with Gasteiger partial charge in [0.25, 0.3) is 5.91 Å². The van der Waals surface area contributed by atoms with E-state index in [0.717, 1.165) is 18.4 Å². The molecule has 0 aromatic heterocycles. The van der Waals surface area contributed by atoms with Crippen molar-refractivity contribution in [3.63, 3.8) is 0 Å². The number of morpholine rings is 1. The third-order valence-electron chi connectivity index (χ3n) is 4.12. The predicted octanol–water partition coefficient (Wildman–Crippen LogP) is 0.830. The van der Waals surface area contributed by atoms with Crippen LogP contribution in [0.2, 0.25) is 0 Å². The summed E-state index contributed by atoms with van der Waals surface area (Å²) in [7, 11) is 0. The molecular formula is C17H24ClN3O4. The molecule has 0 bridgehead atoms. The minimum atomic E-state index is -0.356. The highest BCUT2D eigenvalue weighted by molar-refractivity contribution is 5.94. The maximum atomic E-state index is 12.1. The van der Waals surface area contributed by atoms with Gasteiger partial charge in [-0.15, -0.1) is 12.4 Å². The van der Waals surface area contributed by atoms with Crippen molar-refractivity contribution in [1.82, 2.24) is 10.6 Å². The van der Waals surface area contributed by atoms with E-state index < -0.39 is 0 Å². The Morgan fingerprint density at radius 2 is 2.12 bits per heavy atom. The van der Waals surface area contributed by atoms with E-state index in [-0.39, 0.29) is 36.4 Å². The van der Waals surface area contributed by atoms with Gasteiger partial charge in [-0.05, 0) is 30.5 Å². The van der Waals surface area contributed by atoms with E-state index in [9.17, 15) is 9.59 Å². The Balaban J connectivity index is 0.00000225. The normalized spacial score (nSPS) is 22.7. The summed E-state index contributed by atoms with van der Waals surface area (Å²) in [5, 5.41) is 8.87. The lowest BCUT2D eigenvalue weighted by Crippen LogP contribution is -2.51. The van der Waals surface area contributed by atoms with E-state index in [1.807, 2.05) is 24.3 Å². The number of amides is 2. The van der Waals surface area contributed by atoms with E-state index in [1.54, 1.807) is 0 Å². The van der Waals surface area contributed by atoms with Gasteiger partial charge >= 0.3 is 0 Å². The van der Waals surface area contributed by atoms with Gasteiger partial charge < -0.3 is 25.4 Å². The van der Waals surface area contributed by atoms with E-state index in [0.29, 0.717) is 38.6 Å². The van der Waals surface area contributed by atoms with Gasteiger partial charge in [-0.3, -0.25) is 9.59 Å². The fourth-order valence-electron chi connectivity index (χ4n) is 2.81. The molecule has 2 fully saturated rings. The molecule has 7 nitrogen and oxygen atoms in total. The third-order valence-corrected chi connectivity index (χ3v) is 4.12. The largest absolute Gasteiger partial charge is 0.378 e. The van der Waals surface area contributed by atoms with Gasteiger partial charge in [0.05, 0.1) is 13.2 Å². The van der Waals surface area contributed by atoms with Gasteiger partial charge in [-0.25, -0.2) is 0 Å². The van der Waals surface area contributed by atoms with Crippen LogP contribution in [-0.2, 0) is 25.6 Å². The summed E-state index contributed by atoms with van der Waals surface area (Å²) in [6.07, 6.45) is 1.33. The summed E-state index contributed by atoms with van der Waals surface area (Å²) >= 11 is 0. The quantitative estimate of drug-likeness (QED) is 0.715. The Hall–Kier alpha value is -1.67. The summed E-state index contributed by atoms with van der Waals surface area (Å²) in [6.45, 7) is 2.76. The molecule has 2 atom stereocenters. The van der Waals surface area contributed by atoms with E-state index in [1.165, 1.54) is 0 Å². The molecule has 2 amide bonds. The van der Waals surface area contributed by atoms with Crippen molar-refractivity contribution in [1.29, 1.82) is 0 Å². The molecule has 3 rings (SSSR count). The van der Waals surface area contributed by atoms with Crippen molar-refractivity contribution in [3.8, 4) is 0 Å². The molecule has 138 valence electrons. The monoisotopic (exact) mass is 369 g/mol. The lowest BCUT2D eigenvalue weighted by Gasteiger charge is -2.22. The first-order chi connectivity index (χ1) is 11.7. The summed E-state index contributed by atoms with van der Waals surface area (Å²) in [5.74, 6) is -0.194. The van der Waals surface area contributed by atoms with Crippen LogP contribution in [0.4, 0.5) is 5.69 Å². The van der Waals surface area contributed by atoms with E-state index >= 15 is 0 Å². The zero-order chi connectivity index (χ0) is 16.8. The minimum absolute atomic E-state index is 0. The molecule has 0 aliphatic carbocycles. The number of hydrogen-bond donors (Lipinski definition) is 3. The molecule has 2 aliphatic rings. The van der Waals surface area contributed by atoms with Crippen molar-refractivity contribution < 1.29 is 19.1 Å². The molecular weight excluding hydrogens is 346 g/mol. The number of hydrogen-bond acceptors (Lipinski definition) is 5. The Kier molecular flexibility index (Phi) is 7.64. The standard InChI is InChI=1S/C17H23N3O4.ClH/c21-16(14-11-23-8-6-18-14)19-10-12-3-1-4-13(9-12)20-17(22)15-5-2-7-24-15;/h1,3-4,9,14-15,18H,2,5-8,10-11H2,(H,19,21)(H,20,22);1H. The molecule has 0 saturated carbocycles. The van der Waals surface area contributed by atoms with E-state index in [2.05, 4.69) is 16.0 Å². The lowest BCUT2D eigenvalue weighted by molar-refractivity contribution is -0.126. The number of ether oxygens (including phenoxy) is 2. The van der Waals surface area contributed by atoms with Gasteiger partial charge in [0, 0.05) is 25.4 Å². The van der Waals surface area contributed by atoms with E-state index in [4.69, 9.17) is 9.47 Å². The first-order valence-electron chi connectivity index (χ1n) is 8.32.